The van der Waals surface area contributed by atoms with E-state index in [-0.39, 0.29) is 5.82 Å². The van der Waals surface area contributed by atoms with Crippen molar-refractivity contribution in [2.75, 3.05) is 0 Å². The van der Waals surface area contributed by atoms with Gasteiger partial charge in [-0.05, 0) is 22.4 Å². The van der Waals surface area contributed by atoms with Gasteiger partial charge in [-0.2, -0.15) is 0 Å². The van der Waals surface area contributed by atoms with Crippen LogP contribution in [0.4, 0.5) is 4.39 Å². The highest BCUT2D eigenvalue weighted by Gasteiger charge is 2.16. The lowest BCUT2D eigenvalue weighted by Crippen LogP contribution is -1.88. The maximum Gasteiger partial charge on any atom is 0.140 e. The standard InChI is InChI=1S/C18H11FS/c19-17-14-9-5-4-8-13(14)15-10-11-20-18(15)16(17)12-6-2-1-3-7-12/h1-11H. The molecule has 0 aliphatic carbocycles. The molecule has 20 heavy (non-hydrogen) atoms. The van der Waals surface area contributed by atoms with E-state index in [0.29, 0.717) is 10.9 Å². The molecule has 0 fully saturated rings. The number of hydrogen-bond donors (Lipinski definition) is 0. The van der Waals surface area contributed by atoms with Crippen LogP contribution in [-0.4, -0.2) is 0 Å². The van der Waals surface area contributed by atoms with E-state index in [1.54, 1.807) is 11.3 Å². The molecule has 0 bridgehead atoms. The molecular weight excluding hydrogens is 267 g/mol. The summed E-state index contributed by atoms with van der Waals surface area (Å²) in [6.45, 7) is 0. The Morgan fingerprint density at radius 3 is 2.20 bits per heavy atom. The van der Waals surface area contributed by atoms with Crippen molar-refractivity contribution in [3.05, 3.63) is 71.9 Å². The largest absolute Gasteiger partial charge is 0.206 e. The molecule has 0 N–H and O–H groups in total. The van der Waals surface area contributed by atoms with Gasteiger partial charge in [0, 0.05) is 21.0 Å². The molecule has 0 aliphatic rings. The normalized spacial score (nSPS) is 11.2. The van der Waals surface area contributed by atoms with Gasteiger partial charge < -0.3 is 0 Å². The summed E-state index contributed by atoms with van der Waals surface area (Å²) < 4.78 is 16.0. The van der Waals surface area contributed by atoms with Crippen molar-refractivity contribution >= 4 is 32.2 Å². The minimum atomic E-state index is -0.123. The Hall–Kier alpha value is -2.19. The minimum absolute atomic E-state index is 0.123. The Morgan fingerprint density at radius 1 is 0.700 bits per heavy atom. The summed E-state index contributed by atoms with van der Waals surface area (Å²) in [6.07, 6.45) is 0. The van der Waals surface area contributed by atoms with E-state index in [1.165, 1.54) is 0 Å². The van der Waals surface area contributed by atoms with E-state index < -0.39 is 0 Å². The molecular formula is C18H11FS. The lowest BCUT2D eigenvalue weighted by Gasteiger charge is -2.09. The van der Waals surface area contributed by atoms with Gasteiger partial charge in [0.1, 0.15) is 5.82 Å². The first kappa shape index (κ1) is 11.6. The number of thiophene rings is 1. The van der Waals surface area contributed by atoms with E-state index in [4.69, 9.17) is 0 Å². The number of benzene rings is 3. The molecule has 0 saturated heterocycles. The molecule has 1 aromatic heterocycles. The third-order valence-electron chi connectivity index (χ3n) is 3.63. The fraction of sp³-hybridized carbons (Fsp3) is 0. The smallest absolute Gasteiger partial charge is 0.140 e. The summed E-state index contributed by atoms with van der Waals surface area (Å²) in [4.78, 5) is 0. The van der Waals surface area contributed by atoms with Crippen molar-refractivity contribution in [3.8, 4) is 11.1 Å². The van der Waals surface area contributed by atoms with E-state index in [9.17, 15) is 4.39 Å². The monoisotopic (exact) mass is 278 g/mol. The van der Waals surface area contributed by atoms with Crippen LogP contribution in [0.5, 0.6) is 0 Å². The van der Waals surface area contributed by atoms with Gasteiger partial charge in [-0.3, -0.25) is 0 Å². The number of hydrogen-bond acceptors (Lipinski definition) is 1. The second-order valence-corrected chi connectivity index (χ2v) is 5.68. The van der Waals surface area contributed by atoms with Crippen LogP contribution in [0.25, 0.3) is 32.0 Å². The summed E-state index contributed by atoms with van der Waals surface area (Å²) in [6, 6.07) is 19.5. The molecule has 0 nitrogen and oxygen atoms in total. The third kappa shape index (κ3) is 1.58. The first-order valence-electron chi connectivity index (χ1n) is 6.49. The van der Waals surface area contributed by atoms with Crippen molar-refractivity contribution in [2.24, 2.45) is 0 Å². The summed E-state index contributed by atoms with van der Waals surface area (Å²) in [5.41, 5.74) is 1.65. The maximum absolute atomic E-state index is 15.0. The lowest BCUT2D eigenvalue weighted by molar-refractivity contribution is 0.645. The molecule has 4 rings (SSSR count). The van der Waals surface area contributed by atoms with Gasteiger partial charge >= 0.3 is 0 Å². The van der Waals surface area contributed by atoms with Gasteiger partial charge in [0.15, 0.2) is 0 Å². The van der Waals surface area contributed by atoms with E-state index in [1.807, 2.05) is 60.0 Å². The van der Waals surface area contributed by atoms with Crippen LogP contribution in [0.15, 0.2) is 66.0 Å². The molecule has 0 atom stereocenters. The molecule has 1 heterocycles. The summed E-state index contributed by atoms with van der Waals surface area (Å²) in [5.74, 6) is -0.123. The highest BCUT2D eigenvalue weighted by Crippen LogP contribution is 2.40. The van der Waals surface area contributed by atoms with Crippen molar-refractivity contribution in [1.29, 1.82) is 0 Å². The fourth-order valence-electron chi connectivity index (χ4n) is 2.72. The maximum atomic E-state index is 15.0. The van der Waals surface area contributed by atoms with Crippen molar-refractivity contribution < 1.29 is 4.39 Å². The number of fused-ring (bicyclic) bond motifs is 3. The van der Waals surface area contributed by atoms with Crippen molar-refractivity contribution in [3.63, 3.8) is 0 Å². The van der Waals surface area contributed by atoms with Gasteiger partial charge in [-0.15, -0.1) is 11.3 Å². The van der Waals surface area contributed by atoms with Gasteiger partial charge in [0.25, 0.3) is 0 Å². The summed E-state index contributed by atoms with van der Waals surface area (Å²) >= 11 is 1.60. The Bertz CT molecular complexity index is 907. The molecule has 4 aromatic rings. The molecule has 0 aliphatic heterocycles. The van der Waals surface area contributed by atoms with Crippen LogP contribution in [0.2, 0.25) is 0 Å². The van der Waals surface area contributed by atoms with Crippen LogP contribution >= 0.6 is 11.3 Å². The average Bonchev–Trinajstić information content (AvgIpc) is 2.98. The van der Waals surface area contributed by atoms with Gasteiger partial charge in [0.05, 0.1) is 0 Å². The molecule has 0 spiro atoms. The van der Waals surface area contributed by atoms with E-state index in [2.05, 4.69) is 6.07 Å². The average molecular weight is 278 g/mol. The Labute approximate surface area is 120 Å². The minimum Gasteiger partial charge on any atom is -0.206 e. The highest BCUT2D eigenvalue weighted by molar-refractivity contribution is 7.18. The fourth-order valence-corrected chi connectivity index (χ4v) is 3.69. The summed E-state index contributed by atoms with van der Waals surface area (Å²) in [7, 11) is 0. The number of rotatable bonds is 1. The Balaban J connectivity index is 2.24. The predicted molar refractivity (Wildman–Crippen MR) is 84.7 cm³/mol. The zero-order valence-electron chi connectivity index (χ0n) is 10.6. The molecule has 0 radical (unpaired) electrons. The first-order chi connectivity index (χ1) is 9.86. The van der Waals surface area contributed by atoms with Crippen molar-refractivity contribution in [1.82, 2.24) is 0 Å². The number of halogens is 1. The van der Waals surface area contributed by atoms with E-state index in [0.717, 1.165) is 21.0 Å². The molecule has 0 amide bonds. The molecule has 96 valence electrons. The Morgan fingerprint density at radius 2 is 1.40 bits per heavy atom. The predicted octanol–water partition coefficient (Wildman–Crippen LogP) is 5.86. The van der Waals surface area contributed by atoms with Crippen LogP contribution < -0.4 is 0 Å². The van der Waals surface area contributed by atoms with Crippen LogP contribution in [0, 0.1) is 5.82 Å². The van der Waals surface area contributed by atoms with Crippen LogP contribution in [0.1, 0.15) is 0 Å². The molecule has 0 saturated carbocycles. The second kappa shape index (κ2) is 4.43. The topological polar surface area (TPSA) is 0 Å². The van der Waals surface area contributed by atoms with Crippen LogP contribution in [0.3, 0.4) is 0 Å². The third-order valence-corrected chi connectivity index (χ3v) is 4.56. The zero-order chi connectivity index (χ0) is 13.5. The van der Waals surface area contributed by atoms with Gasteiger partial charge in [0.2, 0.25) is 0 Å². The zero-order valence-corrected chi connectivity index (χ0v) is 11.5. The highest BCUT2D eigenvalue weighted by atomic mass is 32.1. The van der Waals surface area contributed by atoms with Crippen molar-refractivity contribution in [2.45, 2.75) is 0 Å². The van der Waals surface area contributed by atoms with Gasteiger partial charge in [-0.1, -0.05) is 54.6 Å². The quantitative estimate of drug-likeness (QED) is 0.409. The summed E-state index contributed by atoms with van der Waals surface area (Å²) in [5, 5.41) is 4.84. The van der Waals surface area contributed by atoms with Crippen LogP contribution in [-0.2, 0) is 0 Å². The first-order valence-corrected chi connectivity index (χ1v) is 7.37. The van der Waals surface area contributed by atoms with E-state index >= 15 is 0 Å². The molecule has 0 unspecified atom stereocenters. The molecule has 2 heteroatoms. The second-order valence-electron chi connectivity index (χ2n) is 4.76. The van der Waals surface area contributed by atoms with Gasteiger partial charge in [-0.25, -0.2) is 4.39 Å². The lowest BCUT2D eigenvalue weighted by atomic mass is 9.97. The molecule has 3 aromatic carbocycles. The Kier molecular flexibility index (Phi) is 2.57. The SMILES string of the molecule is Fc1c(-c2ccccc2)c2sccc2c2ccccc12.